The summed E-state index contributed by atoms with van der Waals surface area (Å²) in [6, 6.07) is 12.5. The monoisotopic (exact) mass is 377 g/mol. The highest BCUT2D eigenvalue weighted by Gasteiger charge is 2.20. The number of aromatic nitrogens is 2. The zero-order valence-corrected chi connectivity index (χ0v) is 16.7. The molecule has 1 aliphatic heterocycles. The lowest BCUT2D eigenvalue weighted by molar-refractivity contribution is 0.102. The van der Waals surface area contributed by atoms with Crippen LogP contribution in [-0.4, -0.2) is 53.2 Å². The van der Waals surface area contributed by atoms with Crippen molar-refractivity contribution in [3.05, 3.63) is 53.7 Å². The maximum atomic E-state index is 12.9. The van der Waals surface area contributed by atoms with Crippen LogP contribution in [0.25, 0.3) is 10.9 Å². The number of piperazine rings is 1. The van der Waals surface area contributed by atoms with Crippen LogP contribution in [0.5, 0.6) is 0 Å². The van der Waals surface area contributed by atoms with E-state index >= 15 is 0 Å². The van der Waals surface area contributed by atoms with Crippen molar-refractivity contribution in [2.45, 2.75) is 26.8 Å². The number of nitrogens with one attached hydrogen (secondary N) is 2. The molecule has 2 aromatic carbocycles. The predicted molar refractivity (Wildman–Crippen MR) is 114 cm³/mol. The van der Waals surface area contributed by atoms with Crippen molar-refractivity contribution >= 4 is 28.2 Å². The third-order valence-electron chi connectivity index (χ3n) is 5.45. The summed E-state index contributed by atoms with van der Waals surface area (Å²) in [5, 5.41) is 11.0. The van der Waals surface area contributed by atoms with E-state index in [1.165, 1.54) is 5.69 Å². The Morgan fingerprint density at radius 1 is 1.14 bits per heavy atom. The highest BCUT2D eigenvalue weighted by Crippen LogP contribution is 2.25. The molecule has 0 saturated carbocycles. The zero-order valence-electron chi connectivity index (χ0n) is 16.7. The average molecular weight is 377 g/mol. The summed E-state index contributed by atoms with van der Waals surface area (Å²) in [5.41, 5.74) is 4.49. The molecule has 4 rings (SSSR count). The Bertz CT molecular complexity index is 986. The fourth-order valence-electron chi connectivity index (χ4n) is 3.87. The van der Waals surface area contributed by atoms with Crippen molar-refractivity contribution in [1.82, 2.24) is 15.1 Å². The zero-order chi connectivity index (χ0) is 19.7. The maximum Gasteiger partial charge on any atom is 0.257 e. The summed E-state index contributed by atoms with van der Waals surface area (Å²) in [7, 11) is 0. The number of para-hydroxylation sites is 1. The van der Waals surface area contributed by atoms with Gasteiger partial charge in [0.1, 0.15) is 0 Å². The molecule has 2 heterocycles. The van der Waals surface area contributed by atoms with Gasteiger partial charge in [0.15, 0.2) is 0 Å². The standard InChI is InChI=1S/C22H27N5O/c1-15(2)26-7-9-27(10-8-26)19-12-16(3)11-18(13-19)24-22(28)20-6-4-5-17-14-23-25-21(17)20/h4-6,11-15H,7-10H2,1-3H3,(H,23,25)(H,24,28). The fraction of sp³-hybridized carbons (Fsp3) is 0.364. The Morgan fingerprint density at radius 2 is 1.93 bits per heavy atom. The molecule has 2 N–H and O–H groups in total. The van der Waals surface area contributed by atoms with Crippen LogP contribution in [0.2, 0.25) is 0 Å². The van der Waals surface area contributed by atoms with Crippen molar-refractivity contribution in [2.24, 2.45) is 0 Å². The average Bonchev–Trinajstić information content (AvgIpc) is 3.16. The molecule has 1 aliphatic rings. The van der Waals surface area contributed by atoms with Crippen LogP contribution in [0.3, 0.4) is 0 Å². The number of H-pyrrole nitrogens is 1. The molecule has 0 unspecified atom stereocenters. The molecule has 0 bridgehead atoms. The smallest absolute Gasteiger partial charge is 0.257 e. The van der Waals surface area contributed by atoms with E-state index in [9.17, 15) is 4.79 Å². The van der Waals surface area contributed by atoms with Crippen LogP contribution in [-0.2, 0) is 0 Å². The molecule has 0 atom stereocenters. The van der Waals surface area contributed by atoms with Crippen LogP contribution in [0.1, 0.15) is 29.8 Å². The molecule has 1 saturated heterocycles. The van der Waals surface area contributed by atoms with Crippen LogP contribution in [0.4, 0.5) is 11.4 Å². The predicted octanol–water partition coefficient (Wildman–Crippen LogP) is 3.65. The Balaban J connectivity index is 1.53. The number of fused-ring (bicyclic) bond motifs is 1. The Hall–Kier alpha value is -2.86. The summed E-state index contributed by atoms with van der Waals surface area (Å²) < 4.78 is 0. The molecule has 6 nitrogen and oxygen atoms in total. The van der Waals surface area contributed by atoms with Gasteiger partial charge in [-0.2, -0.15) is 5.10 Å². The number of carbonyl (C=O) groups is 1. The van der Waals surface area contributed by atoms with Gasteiger partial charge in [-0.05, 0) is 50.6 Å². The number of amides is 1. The van der Waals surface area contributed by atoms with Crippen molar-refractivity contribution in [3.8, 4) is 0 Å². The highest BCUT2D eigenvalue weighted by atomic mass is 16.1. The first-order chi connectivity index (χ1) is 13.5. The SMILES string of the molecule is Cc1cc(NC(=O)c2cccc3cn[nH]c23)cc(N2CCN(C(C)C)CC2)c1. The quantitative estimate of drug-likeness (QED) is 0.728. The van der Waals surface area contributed by atoms with Crippen molar-refractivity contribution < 1.29 is 4.79 Å². The summed E-state index contributed by atoms with van der Waals surface area (Å²) in [6.45, 7) is 10.7. The molecule has 1 aromatic heterocycles. The number of hydrogen-bond donors (Lipinski definition) is 2. The van der Waals surface area contributed by atoms with E-state index in [2.05, 4.69) is 58.2 Å². The molecule has 1 fully saturated rings. The number of aromatic amines is 1. The van der Waals surface area contributed by atoms with E-state index < -0.39 is 0 Å². The van der Waals surface area contributed by atoms with Gasteiger partial charge in [0, 0.05) is 49.0 Å². The topological polar surface area (TPSA) is 64.3 Å². The minimum absolute atomic E-state index is 0.129. The fourth-order valence-corrected chi connectivity index (χ4v) is 3.87. The van der Waals surface area contributed by atoms with Crippen LogP contribution in [0, 0.1) is 6.92 Å². The second kappa shape index (κ2) is 7.64. The minimum atomic E-state index is -0.129. The lowest BCUT2D eigenvalue weighted by Gasteiger charge is -2.38. The first kappa shape index (κ1) is 18.5. The second-order valence-electron chi connectivity index (χ2n) is 7.77. The van der Waals surface area contributed by atoms with Gasteiger partial charge in [0.05, 0.1) is 17.3 Å². The van der Waals surface area contributed by atoms with E-state index in [1.54, 1.807) is 6.20 Å². The lowest BCUT2D eigenvalue weighted by atomic mass is 10.1. The number of anilines is 2. The first-order valence-corrected chi connectivity index (χ1v) is 9.85. The molecule has 28 heavy (non-hydrogen) atoms. The number of nitrogens with zero attached hydrogens (tertiary/aromatic N) is 3. The molecule has 0 radical (unpaired) electrons. The van der Waals surface area contributed by atoms with Crippen molar-refractivity contribution in [3.63, 3.8) is 0 Å². The molecular formula is C22H27N5O. The lowest BCUT2D eigenvalue weighted by Crippen LogP contribution is -2.48. The molecule has 3 aromatic rings. The number of aryl methyl sites for hydroxylation is 1. The molecular weight excluding hydrogens is 350 g/mol. The number of carbonyl (C=O) groups excluding carboxylic acids is 1. The first-order valence-electron chi connectivity index (χ1n) is 9.85. The van der Waals surface area contributed by atoms with E-state index in [0.29, 0.717) is 11.6 Å². The normalized spacial score (nSPS) is 15.4. The number of benzene rings is 2. The summed E-state index contributed by atoms with van der Waals surface area (Å²) >= 11 is 0. The second-order valence-corrected chi connectivity index (χ2v) is 7.77. The summed E-state index contributed by atoms with van der Waals surface area (Å²) in [6.07, 6.45) is 1.73. The van der Waals surface area contributed by atoms with Crippen LogP contribution < -0.4 is 10.2 Å². The highest BCUT2D eigenvalue weighted by molar-refractivity contribution is 6.11. The van der Waals surface area contributed by atoms with Gasteiger partial charge >= 0.3 is 0 Å². The van der Waals surface area contributed by atoms with E-state index in [-0.39, 0.29) is 5.91 Å². The van der Waals surface area contributed by atoms with Crippen molar-refractivity contribution in [2.75, 3.05) is 36.4 Å². The number of hydrogen-bond acceptors (Lipinski definition) is 4. The Morgan fingerprint density at radius 3 is 2.68 bits per heavy atom. The van der Waals surface area contributed by atoms with Gasteiger partial charge in [-0.3, -0.25) is 14.8 Å². The molecule has 146 valence electrons. The van der Waals surface area contributed by atoms with Gasteiger partial charge in [0.25, 0.3) is 5.91 Å². The van der Waals surface area contributed by atoms with Gasteiger partial charge in [-0.25, -0.2) is 0 Å². The van der Waals surface area contributed by atoms with Gasteiger partial charge in [-0.15, -0.1) is 0 Å². The van der Waals surface area contributed by atoms with Gasteiger partial charge < -0.3 is 10.2 Å². The Kier molecular flexibility index (Phi) is 5.05. The Labute approximate surface area is 165 Å². The molecule has 0 spiro atoms. The van der Waals surface area contributed by atoms with Gasteiger partial charge in [0.2, 0.25) is 0 Å². The van der Waals surface area contributed by atoms with Crippen molar-refractivity contribution in [1.29, 1.82) is 0 Å². The third kappa shape index (κ3) is 3.73. The number of rotatable bonds is 4. The molecule has 0 aliphatic carbocycles. The largest absolute Gasteiger partial charge is 0.369 e. The van der Waals surface area contributed by atoms with Crippen LogP contribution >= 0.6 is 0 Å². The summed E-state index contributed by atoms with van der Waals surface area (Å²) in [4.78, 5) is 17.8. The van der Waals surface area contributed by atoms with E-state index in [1.807, 2.05) is 24.3 Å². The molecule has 6 heteroatoms. The van der Waals surface area contributed by atoms with Gasteiger partial charge in [-0.1, -0.05) is 12.1 Å². The maximum absolute atomic E-state index is 12.9. The minimum Gasteiger partial charge on any atom is -0.369 e. The van der Waals surface area contributed by atoms with E-state index in [0.717, 1.165) is 48.3 Å². The van der Waals surface area contributed by atoms with E-state index in [4.69, 9.17) is 0 Å². The molecule has 1 amide bonds. The third-order valence-corrected chi connectivity index (χ3v) is 5.45. The summed E-state index contributed by atoms with van der Waals surface area (Å²) in [5.74, 6) is -0.129. The van der Waals surface area contributed by atoms with Crippen LogP contribution in [0.15, 0.2) is 42.6 Å².